The van der Waals surface area contributed by atoms with Gasteiger partial charge >= 0.3 is 5.97 Å². The van der Waals surface area contributed by atoms with Crippen LogP contribution in [-0.4, -0.2) is 29.1 Å². The van der Waals surface area contributed by atoms with E-state index in [0.717, 1.165) is 0 Å². The van der Waals surface area contributed by atoms with Gasteiger partial charge in [0.2, 0.25) is 0 Å². The summed E-state index contributed by atoms with van der Waals surface area (Å²) in [7, 11) is 1.31. The number of carbonyl (C=O) groups is 1. The topological polar surface area (TPSA) is 110 Å². The van der Waals surface area contributed by atoms with Crippen molar-refractivity contribution in [1.82, 2.24) is 0 Å². The van der Waals surface area contributed by atoms with Crippen molar-refractivity contribution in [3.05, 3.63) is 29.8 Å². The summed E-state index contributed by atoms with van der Waals surface area (Å²) in [6, 6.07) is 5.88. The van der Waals surface area contributed by atoms with Crippen molar-refractivity contribution in [3.63, 3.8) is 0 Å². The maximum absolute atomic E-state index is 10.8. The summed E-state index contributed by atoms with van der Waals surface area (Å²) >= 11 is 0. The first-order valence-corrected chi connectivity index (χ1v) is 3.11. The zero-order valence-corrected chi connectivity index (χ0v) is 7.07. The van der Waals surface area contributed by atoms with Gasteiger partial charge in [0.05, 0.1) is 12.7 Å². The van der Waals surface area contributed by atoms with Gasteiger partial charge in [-0.15, -0.1) is 0 Å². The van der Waals surface area contributed by atoms with Crippen LogP contribution in [0.2, 0.25) is 0 Å². The summed E-state index contributed by atoms with van der Waals surface area (Å²) in [6.07, 6.45) is 0. The number of ether oxygens (including phenoxy) is 1. The van der Waals surface area contributed by atoms with E-state index in [-0.39, 0.29) is 16.7 Å². The molecule has 0 heterocycles. The van der Waals surface area contributed by atoms with Crippen LogP contribution in [0.3, 0.4) is 0 Å². The molecule has 5 nitrogen and oxygen atoms in total. The molecule has 0 saturated heterocycles. The number of methoxy groups -OCH3 is 1. The second-order valence-corrected chi connectivity index (χ2v) is 2.04. The highest BCUT2D eigenvalue weighted by Gasteiger charge is 2.02. The lowest BCUT2D eigenvalue weighted by Gasteiger charge is -1.97. The van der Waals surface area contributed by atoms with Crippen LogP contribution in [0.1, 0.15) is 10.4 Å². The average molecular weight is 188 g/mol. The summed E-state index contributed by atoms with van der Waals surface area (Å²) in [4.78, 5) is 10.8. The monoisotopic (exact) mass is 188 g/mol. The highest BCUT2D eigenvalue weighted by Crippen LogP contribution is 2.09. The van der Waals surface area contributed by atoms with Crippen LogP contribution in [0, 0.1) is 0 Å². The molecule has 0 saturated carbocycles. The largest absolute Gasteiger partial charge is 0.508 e. The molecule has 1 rings (SSSR count). The van der Waals surface area contributed by atoms with Crippen molar-refractivity contribution in [1.29, 1.82) is 0 Å². The van der Waals surface area contributed by atoms with Gasteiger partial charge in [0.15, 0.2) is 0 Å². The molecule has 0 aliphatic carbocycles. The van der Waals surface area contributed by atoms with Gasteiger partial charge in [0.25, 0.3) is 0 Å². The molecule has 0 atom stereocenters. The van der Waals surface area contributed by atoms with Gasteiger partial charge in [-0.1, -0.05) is 0 Å². The standard InChI is InChI=1S/C8H8O3.2H2O/c1-11-8(10)6-2-4-7(9)5-3-6;;/h2-5,9H,1H3;2*1H2. The highest BCUT2D eigenvalue weighted by molar-refractivity contribution is 5.89. The zero-order valence-electron chi connectivity index (χ0n) is 7.07. The van der Waals surface area contributed by atoms with E-state index in [1.807, 2.05) is 0 Å². The van der Waals surface area contributed by atoms with Gasteiger partial charge in [0.1, 0.15) is 5.75 Å². The average Bonchev–Trinajstić information content (AvgIpc) is 2.05. The number of aromatic hydroxyl groups is 1. The van der Waals surface area contributed by atoms with Crippen LogP contribution < -0.4 is 0 Å². The number of rotatable bonds is 1. The van der Waals surface area contributed by atoms with Gasteiger partial charge < -0.3 is 20.8 Å². The molecular weight excluding hydrogens is 176 g/mol. The van der Waals surface area contributed by atoms with Crippen LogP contribution in [0.15, 0.2) is 24.3 Å². The Kier molecular flexibility index (Phi) is 6.43. The van der Waals surface area contributed by atoms with Crippen LogP contribution in [0.25, 0.3) is 0 Å². The maximum Gasteiger partial charge on any atom is 0.337 e. The normalized spacial score (nSPS) is 7.77. The van der Waals surface area contributed by atoms with Crippen molar-refractivity contribution in [3.8, 4) is 5.75 Å². The SMILES string of the molecule is COC(=O)c1ccc(O)cc1.O.O. The van der Waals surface area contributed by atoms with Gasteiger partial charge in [-0.2, -0.15) is 0 Å². The van der Waals surface area contributed by atoms with Gasteiger partial charge in [-0.05, 0) is 24.3 Å². The molecule has 5 N–H and O–H groups in total. The Hall–Kier alpha value is -1.59. The molecule has 0 aromatic heterocycles. The summed E-state index contributed by atoms with van der Waals surface area (Å²) in [5.41, 5.74) is 0.435. The number of phenolic OH excluding ortho intramolecular Hbond substituents is 1. The van der Waals surface area contributed by atoms with E-state index in [0.29, 0.717) is 5.56 Å². The minimum absolute atomic E-state index is 0. The minimum Gasteiger partial charge on any atom is -0.508 e. The molecule has 0 aliphatic heterocycles. The van der Waals surface area contributed by atoms with E-state index in [9.17, 15) is 4.79 Å². The second kappa shape index (κ2) is 5.99. The van der Waals surface area contributed by atoms with Gasteiger partial charge in [0, 0.05) is 0 Å². The Labute approximate surface area is 75.2 Å². The Morgan fingerprint density at radius 2 is 1.69 bits per heavy atom. The Balaban J connectivity index is 0. The molecular formula is C8H12O5. The third-order valence-corrected chi connectivity index (χ3v) is 1.29. The maximum atomic E-state index is 10.8. The predicted octanol–water partition coefficient (Wildman–Crippen LogP) is -0.471. The van der Waals surface area contributed by atoms with E-state index in [1.165, 1.54) is 31.4 Å². The van der Waals surface area contributed by atoms with E-state index in [4.69, 9.17) is 5.11 Å². The van der Waals surface area contributed by atoms with Gasteiger partial charge in [-0.3, -0.25) is 0 Å². The lowest BCUT2D eigenvalue weighted by molar-refractivity contribution is 0.0600. The molecule has 0 bridgehead atoms. The molecule has 0 aliphatic rings. The van der Waals surface area contributed by atoms with Crippen LogP contribution >= 0.6 is 0 Å². The Morgan fingerprint density at radius 1 is 1.23 bits per heavy atom. The van der Waals surface area contributed by atoms with Crippen LogP contribution in [0.5, 0.6) is 5.75 Å². The van der Waals surface area contributed by atoms with Crippen LogP contribution in [-0.2, 0) is 4.74 Å². The fourth-order valence-electron chi connectivity index (χ4n) is 0.715. The Bertz CT molecular complexity index is 254. The molecule has 0 unspecified atom stereocenters. The first kappa shape index (κ1) is 14.0. The van der Waals surface area contributed by atoms with Crippen molar-refractivity contribution in [2.45, 2.75) is 0 Å². The van der Waals surface area contributed by atoms with Crippen molar-refractivity contribution in [2.75, 3.05) is 7.11 Å². The molecule has 0 fully saturated rings. The summed E-state index contributed by atoms with van der Waals surface area (Å²) in [5.74, 6) is -0.261. The lowest BCUT2D eigenvalue weighted by Crippen LogP contribution is -1.99. The number of hydrogen-bond acceptors (Lipinski definition) is 3. The number of phenols is 1. The fraction of sp³-hybridized carbons (Fsp3) is 0.125. The lowest BCUT2D eigenvalue weighted by atomic mass is 10.2. The quantitative estimate of drug-likeness (QED) is 0.601. The number of esters is 1. The first-order valence-electron chi connectivity index (χ1n) is 3.11. The van der Waals surface area contributed by atoms with Crippen LogP contribution in [0.4, 0.5) is 0 Å². The predicted molar refractivity (Wildman–Crippen MR) is 46.7 cm³/mol. The molecule has 0 spiro atoms. The fourth-order valence-corrected chi connectivity index (χ4v) is 0.715. The first-order chi connectivity index (χ1) is 5.24. The smallest absolute Gasteiger partial charge is 0.337 e. The molecule has 5 heteroatoms. The molecule has 1 aromatic rings. The van der Waals surface area contributed by atoms with Crippen molar-refractivity contribution < 1.29 is 25.6 Å². The zero-order chi connectivity index (χ0) is 8.27. The molecule has 1 aromatic carbocycles. The molecule has 74 valence electrons. The summed E-state index contributed by atoms with van der Waals surface area (Å²) < 4.78 is 4.46. The third kappa shape index (κ3) is 3.55. The van der Waals surface area contributed by atoms with E-state index >= 15 is 0 Å². The number of hydrogen-bond donors (Lipinski definition) is 1. The van der Waals surface area contributed by atoms with E-state index in [1.54, 1.807) is 0 Å². The van der Waals surface area contributed by atoms with E-state index in [2.05, 4.69) is 4.74 Å². The highest BCUT2D eigenvalue weighted by atomic mass is 16.5. The second-order valence-electron chi connectivity index (χ2n) is 2.04. The van der Waals surface area contributed by atoms with Gasteiger partial charge in [-0.25, -0.2) is 4.79 Å². The number of carbonyl (C=O) groups excluding carboxylic acids is 1. The molecule has 13 heavy (non-hydrogen) atoms. The van der Waals surface area contributed by atoms with E-state index < -0.39 is 5.97 Å². The number of benzene rings is 1. The Morgan fingerprint density at radius 3 is 2.08 bits per heavy atom. The minimum atomic E-state index is -0.398. The summed E-state index contributed by atoms with van der Waals surface area (Å²) in [6.45, 7) is 0. The third-order valence-electron chi connectivity index (χ3n) is 1.29. The van der Waals surface area contributed by atoms with Crippen molar-refractivity contribution in [2.24, 2.45) is 0 Å². The molecule has 0 radical (unpaired) electrons. The van der Waals surface area contributed by atoms with Crippen molar-refractivity contribution >= 4 is 5.97 Å². The molecule has 0 amide bonds. The summed E-state index contributed by atoms with van der Waals surface area (Å²) in [5, 5.41) is 8.86.